The molecule has 51 heavy (non-hydrogen) atoms. The lowest BCUT2D eigenvalue weighted by molar-refractivity contribution is 0.351. The van der Waals surface area contributed by atoms with Gasteiger partial charge in [0, 0.05) is 37.6 Å². The molecule has 2 unspecified atom stereocenters. The van der Waals surface area contributed by atoms with Gasteiger partial charge in [0.15, 0.2) is 0 Å². The Kier molecular flexibility index (Phi) is 11.5. The number of phenols is 2. The summed E-state index contributed by atoms with van der Waals surface area (Å²) in [5, 5.41) is 31.3. The number of nitrogens with one attached hydrogen (secondary N) is 1. The van der Waals surface area contributed by atoms with Crippen LogP contribution in [0.5, 0.6) is 11.5 Å². The predicted octanol–water partition coefficient (Wildman–Crippen LogP) is 13.5. The van der Waals surface area contributed by atoms with Gasteiger partial charge in [0.05, 0.1) is 6.04 Å². The summed E-state index contributed by atoms with van der Waals surface area (Å²) < 4.78 is 1.03. The molecule has 6 heteroatoms. The van der Waals surface area contributed by atoms with Gasteiger partial charge in [0.1, 0.15) is 11.5 Å². The third-order valence-electron chi connectivity index (χ3n) is 10.6. The molecule has 2 fully saturated rings. The van der Waals surface area contributed by atoms with Crippen molar-refractivity contribution in [3.8, 4) is 11.5 Å². The number of hydrogen-bond acceptors (Lipinski definition) is 3. The van der Waals surface area contributed by atoms with Crippen molar-refractivity contribution < 1.29 is 10.2 Å². The van der Waals surface area contributed by atoms with Crippen LogP contribution in [0.2, 0.25) is 10.0 Å². The fraction of sp³-hybridized carbons (Fsp3) is 0.289. The van der Waals surface area contributed by atoms with Crippen LogP contribution < -0.4 is 5.32 Å². The molecule has 0 spiro atoms. The highest BCUT2D eigenvalue weighted by atomic mass is 79.9. The Morgan fingerprint density at radius 1 is 0.627 bits per heavy atom. The van der Waals surface area contributed by atoms with E-state index in [1.165, 1.54) is 56.9 Å². The maximum Gasteiger partial charge on any atom is 0.121 e. The number of aromatic hydroxyl groups is 2. The normalized spacial score (nSPS) is 16.1. The Labute approximate surface area is 319 Å². The smallest absolute Gasteiger partial charge is 0.121 e. The van der Waals surface area contributed by atoms with Crippen LogP contribution in [0.25, 0.3) is 21.5 Å². The lowest BCUT2D eigenvalue weighted by atomic mass is 9.83. The van der Waals surface area contributed by atoms with Gasteiger partial charge in [-0.05, 0) is 113 Å². The number of halogens is 3. The molecule has 0 aliphatic heterocycles. The Balaban J connectivity index is 0.000000159. The minimum atomic E-state index is -0.0542. The van der Waals surface area contributed by atoms with E-state index in [1.807, 2.05) is 66.7 Å². The lowest BCUT2D eigenvalue weighted by Crippen LogP contribution is -2.35. The minimum Gasteiger partial charge on any atom is -0.508 e. The molecule has 262 valence electrons. The van der Waals surface area contributed by atoms with Gasteiger partial charge in [-0.3, -0.25) is 0 Å². The molecule has 0 heterocycles. The van der Waals surface area contributed by atoms with Gasteiger partial charge in [0.2, 0.25) is 0 Å². The van der Waals surface area contributed by atoms with Gasteiger partial charge in [-0.1, -0.05) is 138 Å². The summed E-state index contributed by atoms with van der Waals surface area (Å²) in [4.78, 5) is 0. The standard InChI is InChI=1S/C23H24ClNO.C22H20BrClO/c24-18-13-10-17(11-14-18)23(25-19-7-2-1-3-8-19)22-20-9-5-4-6-16(20)12-15-21(22)26;23-17-8-4-16-7-12-21(25)22(20(16)13-17)19(11-3-14-1-2-14)15-5-9-18(24)10-6-15/h4-6,9-15,19,23,25-26H,1-3,7-8H2;4-10,12-14,19,25H,1-3,11H2. The molecule has 2 atom stereocenters. The molecule has 0 aromatic heterocycles. The molecule has 0 radical (unpaired) electrons. The number of rotatable bonds is 9. The van der Waals surface area contributed by atoms with Crippen LogP contribution in [0.1, 0.15) is 92.0 Å². The van der Waals surface area contributed by atoms with E-state index in [9.17, 15) is 10.2 Å². The number of benzene rings is 6. The molecular weight excluding hydrogens is 737 g/mol. The van der Waals surface area contributed by atoms with Crippen molar-refractivity contribution in [2.45, 2.75) is 75.8 Å². The maximum absolute atomic E-state index is 10.8. The van der Waals surface area contributed by atoms with Crippen LogP contribution in [0.15, 0.2) is 120 Å². The van der Waals surface area contributed by atoms with Crippen molar-refractivity contribution in [1.82, 2.24) is 5.32 Å². The zero-order valence-electron chi connectivity index (χ0n) is 28.7. The molecule has 2 aliphatic rings. The first kappa shape index (κ1) is 35.8. The van der Waals surface area contributed by atoms with Crippen LogP contribution in [0, 0.1) is 5.92 Å². The SMILES string of the molecule is Oc1ccc2ccc(Br)cc2c1C(CCC1CC1)c1ccc(Cl)cc1.Oc1ccc2ccccc2c1C(NC1CCCCC1)c1ccc(Cl)cc1. The zero-order chi connectivity index (χ0) is 35.3. The van der Waals surface area contributed by atoms with E-state index in [0.717, 1.165) is 65.1 Å². The van der Waals surface area contributed by atoms with Crippen molar-refractivity contribution in [2.75, 3.05) is 0 Å². The minimum absolute atomic E-state index is 0.0542. The molecule has 2 aliphatic carbocycles. The van der Waals surface area contributed by atoms with E-state index in [2.05, 4.69) is 69.8 Å². The summed E-state index contributed by atoms with van der Waals surface area (Å²) in [5.74, 6) is 1.75. The summed E-state index contributed by atoms with van der Waals surface area (Å²) in [5.41, 5.74) is 4.33. The van der Waals surface area contributed by atoms with Crippen molar-refractivity contribution >= 4 is 60.7 Å². The van der Waals surface area contributed by atoms with Crippen molar-refractivity contribution in [3.63, 3.8) is 0 Å². The monoisotopic (exact) mass is 779 g/mol. The summed E-state index contributed by atoms with van der Waals surface area (Å²) in [6, 6.07) is 38.6. The van der Waals surface area contributed by atoms with Gasteiger partial charge in [-0.25, -0.2) is 0 Å². The van der Waals surface area contributed by atoms with Gasteiger partial charge >= 0.3 is 0 Å². The molecule has 3 nitrogen and oxygen atoms in total. The lowest BCUT2D eigenvalue weighted by Gasteiger charge is -2.30. The third-order valence-corrected chi connectivity index (χ3v) is 11.6. The van der Waals surface area contributed by atoms with Crippen LogP contribution in [-0.4, -0.2) is 16.3 Å². The Bertz CT molecular complexity index is 2080. The largest absolute Gasteiger partial charge is 0.508 e. The van der Waals surface area contributed by atoms with E-state index < -0.39 is 0 Å². The topological polar surface area (TPSA) is 52.5 Å². The fourth-order valence-corrected chi connectivity index (χ4v) is 8.36. The van der Waals surface area contributed by atoms with Gasteiger partial charge in [0.25, 0.3) is 0 Å². The highest BCUT2D eigenvalue weighted by Crippen LogP contribution is 2.44. The van der Waals surface area contributed by atoms with Crippen LogP contribution in [-0.2, 0) is 0 Å². The quantitative estimate of drug-likeness (QED) is 0.137. The van der Waals surface area contributed by atoms with Crippen LogP contribution in [0.4, 0.5) is 0 Å². The molecule has 2 saturated carbocycles. The van der Waals surface area contributed by atoms with Crippen molar-refractivity contribution in [1.29, 1.82) is 0 Å². The molecule has 6 aromatic carbocycles. The average molecular weight is 782 g/mol. The highest BCUT2D eigenvalue weighted by molar-refractivity contribution is 9.10. The molecular formula is C45H44BrCl2NO2. The second-order valence-electron chi connectivity index (χ2n) is 14.2. The first-order chi connectivity index (χ1) is 24.8. The van der Waals surface area contributed by atoms with E-state index in [0.29, 0.717) is 17.5 Å². The summed E-state index contributed by atoms with van der Waals surface area (Å²) in [7, 11) is 0. The van der Waals surface area contributed by atoms with E-state index in [-0.39, 0.29) is 12.0 Å². The maximum atomic E-state index is 10.8. The van der Waals surface area contributed by atoms with Crippen LogP contribution in [0.3, 0.4) is 0 Å². The van der Waals surface area contributed by atoms with Gasteiger partial charge < -0.3 is 15.5 Å². The Morgan fingerprint density at radius 2 is 1.22 bits per heavy atom. The van der Waals surface area contributed by atoms with Crippen LogP contribution >= 0.6 is 39.1 Å². The average Bonchev–Trinajstić information content (AvgIpc) is 3.98. The highest BCUT2D eigenvalue weighted by Gasteiger charge is 2.27. The van der Waals surface area contributed by atoms with E-state index in [1.54, 1.807) is 0 Å². The first-order valence-corrected chi connectivity index (χ1v) is 19.8. The Hall–Kier alpha value is -3.54. The summed E-state index contributed by atoms with van der Waals surface area (Å²) in [6.07, 6.45) is 11.2. The number of phenolic OH excluding ortho intramolecular Hbond substituents is 2. The predicted molar refractivity (Wildman–Crippen MR) is 217 cm³/mol. The number of fused-ring (bicyclic) bond motifs is 2. The molecule has 8 rings (SSSR count). The van der Waals surface area contributed by atoms with E-state index in [4.69, 9.17) is 23.2 Å². The molecule has 0 bridgehead atoms. The van der Waals surface area contributed by atoms with Crippen molar-refractivity contribution in [3.05, 3.63) is 152 Å². The first-order valence-electron chi connectivity index (χ1n) is 18.2. The second kappa shape index (κ2) is 16.4. The number of hydrogen-bond donors (Lipinski definition) is 3. The summed E-state index contributed by atoms with van der Waals surface area (Å²) >= 11 is 15.8. The fourth-order valence-electron chi connectivity index (χ4n) is 7.75. The third kappa shape index (κ3) is 8.75. The van der Waals surface area contributed by atoms with Gasteiger partial charge in [-0.15, -0.1) is 0 Å². The van der Waals surface area contributed by atoms with Crippen molar-refractivity contribution in [2.24, 2.45) is 5.92 Å². The molecule has 0 saturated heterocycles. The van der Waals surface area contributed by atoms with E-state index >= 15 is 0 Å². The summed E-state index contributed by atoms with van der Waals surface area (Å²) in [6.45, 7) is 0. The van der Waals surface area contributed by atoms with Gasteiger partial charge in [-0.2, -0.15) is 0 Å². The zero-order valence-corrected chi connectivity index (χ0v) is 31.8. The Morgan fingerprint density at radius 3 is 1.88 bits per heavy atom. The molecule has 0 amide bonds. The molecule has 6 aromatic rings. The second-order valence-corrected chi connectivity index (χ2v) is 16.0. The molecule has 3 N–H and O–H groups in total.